The highest BCUT2D eigenvalue weighted by atomic mass is 32.2. The number of carbonyl (C=O) groups is 2. The van der Waals surface area contributed by atoms with Crippen molar-refractivity contribution in [2.24, 2.45) is 17.6 Å². The third-order valence-corrected chi connectivity index (χ3v) is 2.82. The van der Waals surface area contributed by atoms with Gasteiger partial charge in [0.1, 0.15) is 0 Å². The van der Waals surface area contributed by atoms with Crippen LogP contribution in [0.5, 0.6) is 0 Å². The predicted octanol–water partition coefficient (Wildman–Crippen LogP) is -1.27. The molecule has 0 heterocycles. The number of hydrazine groups is 2. The van der Waals surface area contributed by atoms with Gasteiger partial charge in [0.25, 0.3) is 0 Å². The maximum absolute atomic E-state index is 10.9. The van der Waals surface area contributed by atoms with Gasteiger partial charge in [0.15, 0.2) is 0 Å². The van der Waals surface area contributed by atoms with Crippen LogP contribution in [-0.4, -0.2) is 23.3 Å². The van der Waals surface area contributed by atoms with Gasteiger partial charge >= 0.3 is 0 Å². The Morgan fingerprint density at radius 1 is 1.36 bits per heavy atom. The third-order valence-electron chi connectivity index (χ3n) is 1.59. The average molecular weight is 220 g/mol. The van der Waals surface area contributed by atoms with Crippen molar-refractivity contribution >= 4 is 23.6 Å². The predicted molar refractivity (Wildman–Crippen MR) is 55.8 cm³/mol. The summed E-state index contributed by atoms with van der Waals surface area (Å²) in [7, 11) is 0. The van der Waals surface area contributed by atoms with E-state index >= 15 is 0 Å². The normalized spacial score (nSPS) is 11.9. The zero-order valence-electron chi connectivity index (χ0n) is 8.08. The van der Waals surface area contributed by atoms with E-state index in [1.54, 1.807) is 6.92 Å². The van der Waals surface area contributed by atoms with Crippen LogP contribution in [0.15, 0.2) is 0 Å². The fourth-order valence-corrected chi connectivity index (χ4v) is 1.72. The molecule has 6 nitrogen and oxygen atoms in total. The van der Waals surface area contributed by atoms with E-state index in [0.29, 0.717) is 17.9 Å². The molecule has 0 fully saturated rings. The summed E-state index contributed by atoms with van der Waals surface area (Å²) < 4.78 is 0. The Morgan fingerprint density at radius 3 is 2.50 bits per heavy atom. The molecule has 14 heavy (non-hydrogen) atoms. The largest absolute Gasteiger partial charge is 0.294 e. The number of nitrogens with one attached hydrogen (secondary N) is 2. The molecule has 0 aromatic rings. The first-order valence-electron chi connectivity index (χ1n) is 4.19. The molecule has 1 unspecified atom stereocenters. The van der Waals surface area contributed by atoms with E-state index in [-0.39, 0.29) is 17.7 Å². The summed E-state index contributed by atoms with van der Waals surface area (Å²) >= 11 is 1.52. The summed E-state index contributed by atoms with van der Waals surface area (Å²) in [6.07, 6.45) is 0.359. The van der Waals surface area contributed by atoms with Crippen molar-refractivity contribution in [2.75, 3.05) is 11.5 Å². The Kier molecular flexibility index (Phi) is 7.17. The maximum atomic E-state index is 10.9. The average Bonchev–Trinajstić information content (AvgIpc) is 2.22. The van der Waals surface area contributed by atoms with Gasteiger partial charge in [0.05, 0.1) is 0 Å². The molecule has 0 saturated carbocycles. The number of amides is 2. The van der Waals surface area contributed by atoms with Crippen LogP contribution in [0, 0.1) is 5.92 Å². The summed E-state index contributed by atoms with van der Waals surface area (Å²) in [5.41, 5.74) is 4.11. The van der Waals surface area contributed by atoms with Crippen LogP contribution in [-0.2, 0) is 9.59 Å². The van der Waals surface area contributed by atoms with Crippen LogP contribution in [0.4, 0.5) is 0 Å². The number of carbonyl (C=O) groups excluding carboxylic acids is 2. The van der Waals surface area contributed by atoms with Gasteiger partial charge in [0, 0.05) is 23.8 Å². The number of nitrogens with two attached hydrogens (primary N) is 2. The van der Waals surface area contributed by atoms with Crippen molar-refractivity contribution in [3.05, 3.63) is 0 Å². The minimum atomic E-state index is -0.201. The molecular weight excluding hydrogens is 204 g/mol. The summed E-state index contributed by atoms with van der Waals surface area (Å²) in [6.45, 7) is 1.78. The van der Waals surface area contributed by atoms with E-state index in [2.05, 4.69) is 5.43 Å². The SMILES string of the molecule is CC(CSCCC(=O)NN)C(=O)NN. The summed E-state index contributed by atoms with van der Waals surface area (Å²) in [5, 5.41) is 0. The quantitative estimate of drug-likeness (QED) is 0.193. The first-order chi connectivity index (χ1) is 6.61. The molecule has 0 aliphatic rings. The molecule has 82 valence electrons. The molecule has 0 spiro atoms. The Balaban J connectivity index is 3.45. The Labute approximate surface area is 87.1 Å². The van der Waals surface area contributed by atoms with Crippen molar-refractivity contribution in [1.82, 2.24) is 10.9 Å². The highest BCUT2D eigenvalue weighted by molar-refractivity contribution is 7.99. The van der Waals surface area contributed by atoms with Crippen LogP contribution in [0.3, 0.4) is 0 Å². The molecular formula is C7H16N4O2S. The fraction of sp³-hybridized carbons (Fsp3) is 0.714. The molecule has 0 rings (SSSR count). The minimum Gasteiger partial charge on any atom is -0.294 e. The van der Waals surface area contributed by atoms with E-state index in [1.165, 1.54) is 11.8 Å². The van der Waals surface area contributed by atoms with Crippen molar-refractivity contribution in [2.45, 2.75) is 13.3 Å². The summed E-state index contributed by atoms with van der Waals surface area (Å²) in [6, 6.07) is 0. The van der Waals surface area contributed by atoms with Crippen LogP contribution in [0.25, 0.3) is 0 Å². The van der Waals surface area contributed by atoms with Crippen molar-refractivity contribution in [3.8, 4) is 0 Å². The van der Waals surface area contributed by atoms with Crippen molar-refractivity contribution < 1.29 is 9.59 Å². The molecule has 2 amide bonds. The van der Waals surface area contributed by atoms with Crippen LogP contribution in [0.2, 0.25) is 0 Å². The first-order valence-corrected chi connectivity index (χ1v) is 5.35. The van der Waals surface area contributed by atoms with E-state index in [4.69, 9.17) is 11.7 Å². The number of thioether (sulfide) groups is 1. The topological polar surface area (TPSA) is 110 Å². The molecule has 0 aromatic carbocycles. The standard InChI is InChI=1S/C7H16N4O2S/c1-5(7(13)11-9)4-14-3-2-6(12)10-8/h5H,2-4,8-9H2,1H3,(H,10,12)(H,11,13). The van der Waals surface area contributed by atoms with Crippen LogP contribution in [0.1, 0.15) is 13.3 Å². The molecule has 7 heteroatoms. The zero-order chi connectivity index (χ0) is 11.0. The van der Waals surface area contributed by atoms with Gasteiger partial charge in [-0.1, -0.05) is 6.92 Å². The molecule has 1 atom stereocenters. The minimum absolute atomic E-state index is 0.147. The van der Waals surface area contributed by atoms with Gasteiger partial charge < -0.3 is 0 Å². The van der Waals surface area contributed by atoms with E-state index in [9.17, 15) is 9.59 Å². The van der Waals surface area contributed by atoms with Gasteiger partial charge in [0.2, 0.25) is 11.8 Å². The number of rotatable bonds is 6. The Hall–Kier alpha value is -0.790. The van der Waals surface area contributed by atoms with Gasteiger partial charge in [-0.3, -0.25) is 20.4 Å². The zero-order valence-corrected chi connectivity index (χ0v) is 8.89. The molecule has 0 radical (unpaired) electrons. The third kappa shape index (κ3) is 5.79. The second-order valence-electron chi connectivity index (χ2n) is 2.80. The van der Waals surface area contributed by atoms with Gasteiger partial charge in [-0.2, -0.15) is 11.8 Å². The molecule has 0 saturated heterocycles. The lowest BCUT2D eigenvalue weighted by molar-refractivity contribution is -0.124. The second-order valence-corrected chi connectivity index (χ2v) is 3.95. The van der Waals surface area contributed by atoms with Gasteiger partial charge in [-0.05, 0) is 0 Å². The lowest BCUT2D eigenvalue weighted by Crippen LogP contribution is -2.35. The van der Waals surface area contributed by atoms with Crippen LogP contribution < -0.4 is 22.5 Å². The van der Waals surface area contributed by atoms with Gasteiger partial charge in [-0.25, -0.2) is 11.7 Å². The summed E-state index contributed by atoms with van der Waals surface area (Å²) in [5.74, 6) is 10.6. The lowest BCUT2D eigenvalue weighted by Gasteiger charge is -2.08. The molecule has 0 aromatic heterocycles. The molecule has 6 N–H and O–H groups in total. The molecule has 0 aliphatic heterocycles. The highest BCUT2D eigenvalue weighted by Gasteiger charge is 2.10. The Morgan fingerprint density at radius 2 is 2.00 bits per heavy atom. The number of hydrogen-bond acceptors (Lipinski definition) is 5. The monoisotopic (exact) mass is 220 g/mol. The molecule has 0 aliphatic carbocycles. The van der Waals surface area contributed by atoms with E-state index < -0.39 is 0 Å². The second kappa shape index (κ2) is 7.60. The van der Waals surface area contributed by atoms with Gasteiger partial charge in [-0.15, -0.1) is 0 Å². The first kappa shape index (κ1) is 13.2. The van der Waals surface area contributed by atoms with E-state index in [1.807, 2.05) is 5.43 Å². The lowest BCUT2D eigenvalue weighted by atomic mass is 10.2. The molecule has 0 bridgehead atoms. The van der Waals surface area contributed by atoms with Crippen molar-refractivity contribution in [1.29, 1.82) is 0 Å². The van der Waals surface area contributed by atoms with Crippen LogP contribution >= 0.6 is 11.8 Å². The fourth-order valence-electron chi connectivity index (χ4n) is 0.715. The maximum Gasteiger partial charge on any atom is 0.237 e. The highest BCUT2D eigenvalue weighted by Crippen LogP contribution is 2.09. The van der Waals surface area contributed by atoms with E-state index in [0.717, 1.165) is 0 Å². The van der Waals surface area contributed by atoms with Crippen molar-refractivity contribution in [3.63, 3.8) is 0 Å². The Bertz CT molecular complexity index is 200. The number of hydrogen-bond donors (Lipinski definition) is 4. The smallest absolute Gasteiger partial charge is 0.237 e. The summed E-state index contributed by atoms with van der Waals surface area (Å²) in [4.78, 5) is 21.6.